The summed E-state index contributed by atoms with van der Waals surface area (Å²) >= 11 is 17.9. The quantitative estimate of drug-likeness (QED) is 0.736. The van der Waals surface area contributed by atoms with Crippen LogP contribution in [-0.4, -0.2) is 0 Å². The number of benzene rings is 2. The van der Waals surface area contributed by atoms with Gasteiger partial charge in [-0.15, -0.1) is 0 Å². The molecule has 2 aromatic rings. The molecule has 2 rings (SSSR count). The first-order valence-corrected chi connectivity index (χ1v) is 6.77. The SMILES string of the molecule is CC(Nc1cc(F)cc(Cl)c1)c1cccc(Cl)c1Cl. The van der Waals surface area contributed by atoms with Gasteiger partial charge >= 0.3 is 0 Å². The molecule has 5 heteroatoms. The third kappa shape index (κ3) is 3.53. The van der Waals surface area contributed by atoms with Gasteiger partial charge in [-0.25, -0.2) is 4.39 Å². The molecule has 0 saturated heterocycles. The van der Waals surface area contributed by atoms with E-state index in [1.54, 1.807) is 12.1 Å². The van der Waals surface area contributed by atoms with Crippen molar-refractivity contribution in [3.8, 4) is 0 Å². The Bertz CT molecular complexity index is 581. The van der Waals surface area contributed by atoms with Gasteiger partial charge in [-0.3, -0.25) is 0 Å². The molecule has 0 fully saturated rings. The molecule has 0 amide bonds. The summed E-state index contributed by atoms with van der Waals surface area (Å²) < 4.78 is 13.3. The van der Waals surface area contributed by atoms with Crippen LogP contribution in [0.25, 0.3) is 0 Å². The zero-order valence-electron chi connectivity index (χ0n) is 10.1. The molecular formula is C14H11Cl3FN. The van der Waals surface area contributed by atoms with E-state index in [1.807, 2.05) is 19.1 Å². The van der Waals surface area contributed by atoms with Crippen LogP contribution in [0.3, 0.4) is 0 Å². The highest BCUT2D eigenvalue weighted by Gasteiger charge is 2.12. The average molecular weight is 319 g/mol. The Balaban J connectivity index is 2.25. The smallest absolute Gasteiger partial charge is 0.126 e. The van der Waals surface area contributed by atoms with Crippen LogP contribution in [0.2, 0.25) is 15.1 Å². The minimum atomic E-state index is -0.389. The second kappa shape index (κ2) is 6.00. The molecule has 1 unspecified atom stereocenters. The van der Waals surface area contributed by atoms with Crippen LogP contribution in [0.5, 0.6) is 0 Å². The monoisotopic (exact) mass is 317 g/mol. The maximum atomic E-state index is 13.3. The second-order valence-corrected chi connectivity index (χ2v) is 5.39. The van der Waals surface area contributed by atoms with Gasteiger partial charge in [0.1, 0.15) is 5.82 Å². The van der Waals surface area contributed by atoms with Crippen LogP contribution in [0.4, 0.5) is 10.1 Å². The first kappa shape index (κ1) is 14.4. The Kier molecular flexibility index (Phi) is 4.56. The molecule has 100 valence electrons. The van der Waals surface area contributed by atoms with Crippen molar-refractivity contribution in [2.45, 2.75) is 13.0 Å². The number of hydrogen-bond donors (Lipinski definition) is 1. The molecule has 0 saturated carbocycles. The molecule has 0 aromatic heterocycles. The number of halogens is 4. The highest BCUT2D eigenvalue weighted by Crippen LogP contribution is 2.32. The predicted octanol–water partition coefficient (Wildman–Crippen LogP) is 5.96. The zero-order valence-corrected chi connectivity index (χ0v) is 12.3. The van der Waals surface area contributed by atoms with Gasteiger partial charge < -0.3 is 5.32 Å². The highest BCUT2D eigenvalue weighted by atomic mass is 35.5. The van der Waals surface area contributed by atoms with Crippen LogP contribution < -0.4 is 5.32 Å². The topological polar surface area (TPSA) is 12.0 Å². The van der Waals surface area contributed by atoms with Crippen molar-refractivity contribution >= 4 is 40.5 Å². The summed E-state index contributed by atoms with van der Waals surface area (Å²) in [5, 5.41) is 4.46. The minimum Gasteiger partial charge on any atom is -0.378 e. The molecule has 1 N–H and O–H groups in total. The molecule has 0 heterocycles. The Morgan fingerprint density at radius 2 is 1.84 bits per heavy atom. The Labute approximate surface area is 126 Å². The lowest BCUT2D eigenvalue weighted by molar-refractivity contribution is 0.628. The van der Waals surface area contributed by atoms with Crippen molar-refractivity contribution in [2.75, 3.05) is 5.32 Å². The number of hydrogen-bond acceptors (Lipinski definition) is 1. The Morgan fingerprint density at radius 1 is 1.11 bits per heavy atom. The molecule has 19 heavy (non-hydrogen) atoms. The van der Waals surface area contributed by atoms with Crippen molar-refractivity contribution < 1.29 is 4.39 Å². The fourth-order valence-corrected chi connectivity index (χ4v) is 2.51. The molecule has 0 bridgehead atoms. The van der Waals surface area contributed by atoms with E-state index in [0.29, 0.717) is 20.8 Å². The van der Waals surface area contributed by atoms with Crippen molar-refractivity contribution in [3.63, 3.8) is 0 Å². The van der Waals surface area contributed by atoms with Gasteiger partial charge in [-0.1, -0.05) is 46.9 Å². The molecule has 1 nitrogen and oxygen atoms in total. The van der Waals surface area contributed by atoms with Crippen molar-refractivity contribution in [1.29, 1.82) is 0 Å². The van der Waals surface area contributed by atoms with Crippen LogP contribution in [-0.2, 0) is 0 Å². The number of rotatable bonds is 3. The maximum Gasteiger partial charge on any atom is 0.126 e. The third-order valence-electron chi connectivity index (χ3n) is 2.69. The predicted molar refractivity (Wildman–Crippen MR) is 79.9 cm³/mol. The largest absolute Gasteiger partial charge is 0.378 e. The van der Waals surface area contributed by atoms with E-state index in [-0.39, 0.29) is 11.9 Å². The van der Waals surface area contributed by atoms with E-state index in [1.165, 1.54) is 12.1 Å². The molecule has 0 spiro atoms. The molecule has 0 aliphatic heterocycles. The zero-order chi connectivity index (χ0) is 14.0. The van der Waals surface area contributed by atoms with Gasteiger partial charge in [0, 0.05) is 10.7 Å². The lowest BCUT2D eigenvalue weighted by atomic mass is 10.1. The minimum absolute atomic E-state index is 0.121. The summed E-state index contributed by atoms with van der Waals surface area (Å²) in [6, 6.07) is 9.57. The van der Waals surface area contributed by atoms with Gasteiger partial charge in [0.2, 0.25) is 0 Å². The molecule has 0 radical (unpaired) electrons. The van der Waals surface area contributed by atoms with E-state index in [0.717, 1.165) is 5.56 Å². The molecule has 0 aliphatic carbocycles. The van der Waals surface area contributed by atoms with Gasteiger partial charge in [-0.05, 0) is 36.8 Å². The van der Waals surface area contributed by atoms with E-state index in [4.69, 9.17) is 34.8 Å². The first-order valence-electron chi connectivity index (χ1n) is 5.64. The van der Waals surface area contributed by atoms with Crippen molar-refractivity contribution in [1.82, 2.24) is 0 Å². The van der Waals surface area contributed by atoms with Crippen molar-refractivity contribution in [2.24, 2.45) is 0 Å². The molecule has 0 aliphatic rings. The fraction of sp³-hybridized carbons (Fsp3) is 0.143. The van der Waals surface area contributed by atoms with Gasteiger partial charge in [-0.2, -0.15) is 0 Å². The standard InChI is InChI=1S/C14H11Cl3FN/c1-8(12-3-2-4-13(16)14(12)17)19-11-6-9(15)5-10(18)7-11/h2-8,19H,1H3. The van der Waals surface area contributed by atoms with Crippen LogP contribution >= 0.6 is 34.8 Å². The summed E-state index contributed by atoms with van der Waals surface area (Å²) in [6.07, 6.45) is 0. The van der Waals surface area contributed by atoms with E-state index in [9.17, 15) is 4.39 Å². The van der Waals surface area contributed by atoms with E-state index >= 15 is 0 Å². The third-order valence-corrected chi connectivity index (χ3v) is 3.75. The summed E-state index contributed by atoms with van der Waals surface area (Å²) in [4.78, 5) is 0. The number of anilines is 1. The van der Waals surface area contributed by atoms with Gasteiger partial charge in [0.15, 0.2) is 0 Å². The molecular weight excluding hydrogens is 308 g/mol. The summed E-state index contributed by atoms with van der Waals surface area (Å²) in [5.74, 6) is -0.389. The second-order valence-electron chi connectivity index (χ2n) is 4.17. The number of nitrogens with one attached hydrogen (secondary N) is 1. The van der Waals surface area contributed by atoms with Gasteiger partial charge in [0.25, 0.3) is 0 Å². The Morgan fingerprint density at radius 3 is 2.53 bits per heavy atom. The van der Waals surface area contributed by atoms with Crippen LogP contribution in [0, 0.1) is 5.82 Å². The van der Waals surface area contributed by atoms with Crippen LogP contribution in [0.15, 0.2) is 36.4 Å². The average Bonchev–Trinajstić information content (AvgIpc) is 2.31. The highest BCUT2D eigenvalue weighted by molar-refractivity contribution is 6.42. The summed E-state index contributed by atoms with van der Waals surface area (Å²) in [6.45, 7) is 1.91. The molecule has 1 atom stereocenters. The Hall–Kier alpha value is -0.960. The lowest BCUT2D eigenvalue weighted by Crippen LogP contribution is -2.07. The van der Waals surface area contributed by atoms with Crippen LogP contribution in [0.1, 0.15) is 18.5 Å². The first-order chi connectivity index (χ1) is 8.97. The van der Waals surface area contributed by atoms with Crippen molar-refractivity contribution in [3.05, 3.63) is 62.8 Å². The lowest BCUT2D eigenvalue weighted by Gasteiger charge is -2.17. The van der Waals surface area contributed by atoms with Gasteiger partial charge in [0.05, 0.1) is 16.1 Å². The normalized spacial score (nSPS) is 12.3. The van der Waals surface area contributed by atoms with E-state index < -0.39 is 0 Å². The van der Waals surface area contributed by atoms with E-state index in [2.05, 4.69) is 5.32 Å². The molecule has 2 aromatic carbocycles. The summed E-state index contributed by atoms with van der Waals surface area (Å²) in [5.41, 5.74) is 1.43. The summed E-state index contributed by atoms with van der Waals surface area (Å²) in [7, 11) is 0. The maximum absolute atomic E-state index is 13.3. The fourth-order valence-electron chi connectivity index (χ4n) is 1.82.